The van der Waals surface area contributed by atoms with Gasteiger partial charge in [-0.15, -0.1) is 0 Å². The van der Waals surface area contributed by atoms with Crippen LogP contribution in [0.3, 0.4) is 0 Å². The summed E-state index contributed by atoms with van der Waals surface area (Å²) in [5.41, 5.74) is 1.01. The van der Waals surface area contributed by atoms with E-state index in [2.05, 4.69) is 14.9 Å². The van der Waals surface area contributed by atoms with Crippen LogP contribution in [0.2, 0.25) is 0 Å². The number of piperazine rings is 1. The van der Waals surface area contributed by atoms with E-state index in [1.807, 2.05) is 13.0 Å². The average molecular weight is 394 g/mol. The van der Waals surface area contributed by atoms with E-state index in [4.69, 9.17) is 9.15 Å². The first-order chi connectivity index (χ1) is 14.1. The van der Waals surface area contributed by atoms with Gasteiger partial charge < -0.3 is 19.0 Å². The van der Waals surface area contributed by atoms with Gasteiger partial charge in [0, 0.05) is 56.1 Å². The van der Waals surface area contributed by atoms with E-state index in [1.54, 1.807) is 35.5 Å². The number of ether oxygens (including phenoxy) is 1. The number of amides is 1. The fourth-order valence-electron chi connectivity index (χ4n) is 3.44. The van der Waals surface area contributed by atoms with Crippen LogP contribution in [-0.4, -0.2) is 53.6 Å². The van der Waals surface area contributed by atoms with E-state index in [0.29, 0.717) is 43.5 Å². The van der Waals surface area contributed by atoms with Crippen molar-refractivity contribution >= 4 is 22.8 Å². The number of hydrogen-bond donors (Lipinski definition) is 0. The Morgan fingerprint density at radius 2 is 1.90 bits per heavy atom. The molecule has 1 aromatic carbocycles. The van der Waals surface area contributed by atoms with Crippen molar-refractivity contribution in [3.8, 4) is 5.75 Å². The van der Waals surface area contributed by atoms with Crippen molar-refractivity contribution in [1.29, 1.82) is 0 Å². The molecule has 4 rings (SSSR count). The molecule has 1 fully saturated rings. The largest absolute Gasteiger partial charge is 0.484 e. The van der Waals surface area contributed by atoms with E-state index in [0.717, 1.165) is 17.4 Å². The van der Waals surface area contributed by atoms with Crippen LogP contribution in [0, 0.1) is 0 Å². The average Bonchev–Trinajstić information content (AvgIpc) is 2.77. The number of rotatable bonds is 5. The second-order valence-corrected chi connectivity index (χ2v) is 6.81. The predicted octanol–water partition coefficient (Wildman–Crippen LogP) is 1.87. The highest BCUT2D eigenvalue weighted by Gasteiger charge is 2.22. The van der Waals surface area contributed by atoms with E-state index in [-0.39, 0.29) is 18.1 Å². The number of aromatic nitrogens is 2. The van der Waals surface area contributed by atoms with Crippen molar-refractivity contribution in [2.24, 2.45) is 0 Å². The van der Waals surface area contributed by atoms with Crippen molar-refractivity contribution in [2.45, 2.75) is 13.3 Å². The molecule has 29 heavy (non-hydrogen) atoms. The summed E-state index contributed by atoms with van der Waals surface area (Å²) in [5.74, 6) is 1.10. The second-order valence-electron chi connectivity index (χ2n) is 6.81. The number of fused-ring (bicyclic) bond motifs is 1. The summed E-state index contributed by atoms with van der Waals surface area (Å²) in [6.07, 6.45) is 4.16. The lowest BCUT2D eigenvalue weighted by Gasteiger charge is -2.34. The minimum absolute atomic E-state index is 0.0644. The quantitative estimate of drug-likeness (QED) is 0.611. The maximum absolute atomic E-state index is 12.5. The number of nitrogens with zero attached hydrogens (tertiary/aromatic N) is 4. The third kappa shape index (κ3) is 4.21. The van der Waals surface area contributed by atoms with Crippen LogP contribution in [0.4, 0.5) is 5.95 Å². The van der Waals surface area contributed by atoms with Crippen molar-refractivity contribution in [2.75, 3.05) is 37.7 Å². The topological polar surface area (TPSA) is 88.8 Å². The first kappa shape index (κ1) is 18.9. The lowest BCUT2D eigenvalue weighted by Crippen LogP contribution is -2.50. The molecule has 3 heterocycles. The molecular weight excluding hydrogens is 372 g/mol. The van der Waals surface area contributed by atoms with Gasteiger partial charge in [0.1, 0.15) is 11.3 Å². The zero-order valence-electron chi connectivity index (χ0n) is 16.2. The van der Waals surface area contributed by atoms with Gasteiger partial charge in [-0.05, 0) is 30.2 Å². The third-order valence-corrected chi connectivity index (χ3v) is 5.01. The first-order valence-corrected chi connectivity index (χ1v) is 9.63. The van der Waals surface area contributed by atoms with Crippen molar-refractivity contribution in [1.82, 2.24) is 14.9 Å². The molecule has 1 aliphatic rings. The fraction of sp³-hybridized carbons (Fsp3) is 0.333. The first-order valence-electron chi connectivity index (χ1n) is 9.63. The standard InChI is InChI=1S/C21H22N4O4/c1-2-15-12-20(27)29-18-13-16(4-5-17(15)18)28-14-19(26)24-8-10-25(11-9-24)21-22-6-3-7-23-21/h3-7,12-13H,2,8-11,14H2,1H3. The van der Waals surface area contributed by atoms with E-state index in [9.17, 15) is 9.59 Å². The molecule has 0 spiro atoms. The Hall–Kier alpha value is -3.42. The Bertz CT molecular complexity index is 1060. The molecule has 0 atom stereocenters. The molecule has 3 aromatic rings. The SMILES string of the molecule is CCc1cc(=O)oc2cc(OCC(=O)N3CCN(c4ncccn4)CC3)ccc12. The Balaban J connectivity index is 1.36. The van der Waals surface area contributed by atoms with Crippen LogP contribution in [0.1, 0.15) is 12.5 Å². The van der Waals surface area contributed by atoms with Crippen LogP contribution in [-0.2, 0) is 11.2 Å². The van der Waals surface area contributed by atoms with Crippen molar-refractivity contribution < 1.29 is 13.9 Å². The Kier molecular flexibility index (Phi) is 5.41. The van der Waals surface area contributed by atoms with Crippen LogP contribution in [0.15, 0.2) is 51.9 Å². The van der Waals surface area contributed by atoms with Crippen molar-refractivity contribution in [3.63, 3.8) is 0 Å². The van der Waals surface area contributed by atoms with Gasteiger partial charge in [0.25, 0.3) is 5.91 Å². The summed E-state index contributed by atoms with van der Waals surface area (Å²) < 4.78 is 10.9. The van der Waals surface area contributed by atoms with Crippen LogP contribution >= 0.6 is 0 Å². The molecule has 0 saturated carbocycles. The summed E-state index contributed by atoms with van der Waals surface area (Å²) in [6.45, 7) is 4.46. The fourth-order valence-corrected chi connectivity index (χ4v) is 3.44. The highest BCUT2D eigenvalue weighted by atomic mass is 16.5. The number of benzene rings is 1. The molecule has 0 N–H and O–H groups in total. The van der Waals surface area contributed by atoms with Crippen LogP contribution in [0.25, 0.3) is 11.0 Å². The monoisotopic (exact) mass is 394 g/mol. The molecular formula is C21H22N4O4. The summed E-state index contributed by atoms with van der Waals surface area (Å²) in [4.78, 5) is 36.5. The second kappa shape index (κ2) is 8.30. The molecule has 0 unspecified atom stereocenters. The minimum atomic E-state index is -0.386. The lowest BCUT2D eigenvalue weighted by molar-refractivity contribution is -0.133. The summed E-state index contributed by atoms with van der Waals surface area (Å²) in [5, 5.41) is 0.880. The molecule has 1 saturated heterocycles. The smallest absolute Gasteiger partial charge is 0.336 e. The lowest BCUT2D eigenvalue weighted by atomic mass is 10.1. The molecule has 2 aromatic heterocycles. The highest BCUT2D eigenvalue weighted by molar-refractivity contribution is 5.82. The molecule has 1 amide bonds. The summed E-state index contributed by atoms with van der Waals surface area (Å²) in [6, 6.07) is 8.59. The number of hydrogen-bond acceptors (Lipinski definition) is 7. The Labute approximate surface area is 167 Å². The summed E-state index contributed by atoms with van der Waals surface area (Å²) in [7, 11) is 0. The number of anilines is 1. The molecule has 150 valence electrons. The van der Waals surface area contributed by atoms with Gasteiger partial charge in [-0.2, -0.15) is 0 Å². The zero-order valence-corrected chi connectivity index (χ0v) is 16.2. The summed E-state index contributed by atoms with van der Waals surface area (Å²) >= 11 is 0. The van der Waals surface area contributed by atoms with Crippen LogP contribution in [0.5, 0.6) is 5.75 Å². The highest BCUT2D eigenvalue weighted by Crippen LogP contribution is 2.23. The van der Waals surface area contributed by atoms with E-state index >= 15 is 0 Å². The van der Waals surface area contributed by atoms with Gasteiger partial charge in [0.05, 0.1) is 0 Å². The number of carbonyl (C=O) groups excluding carboxylic acids is 1. The number of aryl methyl sites for hydroxylation is 1. The molecule has 8 heteroatoms. The molecule has 8 nitrogen and oxygen atoms in total. The number of carbonyl (C=O) groups is 1. The maximum atomic E-state index is 12.5. The van der Waals surface area contributed by atoms with Gasteiger partial charge >= 0.3 is 5.63 Å². The van der Waals surface area contributed by atoms with Gasteiger partial charge in [-0.25, -0.2) is 14.8 Å². The van der Waals surface area contributed by atoms with Gasteiger partial charge in [-0.1, -0.05) is 6.92 Å². The van der Waals surface area contributed by atoms with Crippen molar-refractivity contribution in [3.05, 3.63) is 58.7 Å². The zero-order chi connectivity index (χ0) is 20.2. The van der Waals surface area contributed by atoms with E-state index in [1.165, 1.54) is 6.07 Å². The molecule has 0 bridgehead atoms. The van der Waals surface area contributed by atoms with Crippen LogP contribution < -0.4 is 15.3 Å². The van der Waals surface area contributed by atoms with Gasteiger partial charge in [-0.3, -0.25) is 4.79 Å². The predicted molar refractivity (Wildman–Crippen MR) is 108 cm³/mol. The molecule has 0 aliphatic carbocycles. The molecule has 1 aliphatic heterocycles. The Morgan fingerprint density at radius 3 is 2.62 bits per heavy atom. The normalized spacial score (nSPS) is 14.2. The third-order valence-electron chi connectivity index (χ3n) is 5.01. The minimum Gasteiger partial charge on any atom is -0.484 e. The Morgan fingerprint density at radius 1 is 1.14 bits per heavy atom. The van der Waals surface area contributed by atoms with Gasteiger partial charge in [0.2, 0.25) is 5.95 Å². The maximum Gasteiger partial charge on any atom is 0.336 e. The molecule has 0 radical (unpaired) electrons. The van der Waals surface area contributed by atoms with E-state index < -0.39 is 0 Å². The van der Waals surface area contributed by atoms with Gasteiger partial charge in [0.15, 0.2) is 6.61 Å².